The Bertz CT molecular complexity index is 274. The largest absolute Gasteiger partial charge is 0.337 e. The van der Waals surface area contributed by atoms with Crippen LogP contribution in [-0.4, -0.2) is 47.0 Å². The molecule has 2 aliphatic heterocycles. The molecule has 90 valence electrons. The van der Waals surface area contributed by atoms with Gasteiger partial charge in [-0.2, -0.15) is 11.8 Å². The zero-order valence-corrected chi connectivity index (χ0v) is 10.5. The standard InChI is InChI=1S/C12H20N2OS/c15-12-11(13-9-3-4-9)5-6-14(12)10-2-1-7-16-8-10/h9-11,13H,1-8H2. The molecule has 2 unspecified atom stereocenters. The number of amides is 1. The van der Waals surface area contributed by atoms with Crippen LogP contribution < -0.4 is 5.32 Å². The van der Waals surface area contributed by atoms with Crippen molar-refractivity contribution in [3.05, 3.63) is 0 Å². The summed E-state index contributed by atoms with van der Waals surface area (Å²) in [4.78, 5) is 14.4. The van der Waals surface area contributed by atoms with Gasteiger partial charge in [-0.25, -0.2) is 0 Å². The van der Waals surface area contributed by atoms with Crippen LogP contribution in [0.15, 0.2) is 0 Å². The van der Waals surface area contributed by atoms with Gasteiger partial charge in [-0.1, -0.05) is 0 Å². The fourth-order valence-corrected chi connectivity index (χ4v) is 3.88. The van der Waals surface area contributed by atoms with Gasteiger partial charge in [0, 0.05) is 24.4 Å². The van der Waals surface area contributed by atoms with E-state index in [1.165, 1.54) is 31.4 Å². The maximum absolute atomic E-state index is 12.2. The van der Waals surface area contributed by atoms with E-state index in [4.69, 9.17) is 0 Å². The summed E-state index contributed by atoms with van der Waals surface area (Å²) in [6.07, 6.45) is 6.05. The molecular weight excluding hydrogens is 220 g/mol. The van der Waals surface area contributed by atoms with Gasteiger partial charge in [0.2, 0.25) is 5.91 Å². The molecule has 3 rings (SSSR count). The van der Waals surface area contributed by atoms with Crippen molar-refractivity contribution in [2.24, 2.45) is 0 Å². The summed E-state index contributed by atoms with van der Waals surface area (Å²) in [7, 11) is 0. The number of thioether (sulfide) groups is 1. The Morgan fingerprint density at radius 1 is 1.25 bits per heavy atom. The first-order valence-corrected chi connectivity index (χ1v) is 7.64. The third kappa shape index (κ3) is 2.23. The molecule has 2 atom stereocenters. The van der Waals surface area contributed by atoms with Crippen LogP contribution in [0.1, 0.15) is 32.1 Å². The lowest BCUT2D eigenvalue weighted by Gasteiger charge is -2.31. The Balaban J connectivity index is 1.57. The molecule has 0 radical (unpaired) electrons. The zero-order chi connectivity index (χ0) is 11.0. The van der Waals surface area contributed by atoms with Gasteiger partial charge >= 0.3 is 0 Å². The summed E-state index contributed by atoms with van der Waals surface area (Å²) in [5.41, 5.74) is 0. The van der Waals surface area contributed by atoms with Crippen LogP contribution in [0.4, 0.5) is 0 Å². The third-order valence-electron chi connectivity index (χ3n) is 3.83. The molecule has 3 aliphatic rings. The van der Waals surface area contributed by atoms with Crippen molar-refractivity contribution in [2.45, 2.75) is 50.2 Å². The lowest BCUT2D eigenvalue weighted by Crippen LogP contribution is -2.45. The summed E-state index contributed by atoms with van der Waals surface area (Å²) in [5.74, 6) is 2.81. The molecule has 2 heterocycles. The van der Waals surface area contributed by atoms with Gasteiger partial charge in [0.05, 0.1) is 6.04 Å². The van der Waals surface area contributed by atoms with Gasteiger partial charge in [-0.05, 0) is 37.9 Å². The minimum atomic E-state index is 0.138. The molecule has 0 aromatic carbocycles. The molecule has 0 bridgehead atoms. The highest BCUT2D eigenvalue weighted by atomic mass is 32.2. The van der Waals surface area contributed by atoms with Crippen LogP contribution >= 0.6 is 11.8 Å². The number of rotatable bonds is 3. The fourth-order valence-electron chi connectivity index (χ4n) is 2.72. The predicted molar refractivity (Wildman–Crippen MR) is 66.6 cm³/mol. The first-order chi connectivity index (χ1) is 7.84. The van der Waals surface area contributed by atoms with Crippen molar-refractivity contribution in [2.75, 3.05) is 18.1 Å². The number of carbonyl (C=O) groups excluding carboxylic acids is 1. The van der Waals surface area contributed by atoms with Gasteiger partial charge in [0.1, 0.15) is 0 Å². The molecule has 1 saturated carbocycles. The SMILES string of the molecule is O=C1C(NC2CC2)CCN1C1CCCSC1. The summed E-state index contributed by atoms with van der Waals surface area (Å²) in [6.45, 7) is 0.981. The van der Waals surface area contributed by atoms with Crippen molar-refractivity contribution in [1.82, 2.24) is 10.2 Å². The normalized spacial score (nSPS) is 35.8. The van der Waals surface area contributed by atoms with Gasteiger partial charge in [0.15, 0.2) is 0 Å². The zero-order valence-electron chi connectivity index (χ0n) is 9.65. The predicted octanol–water partition coefficient (Wildman–Crippen LogP) is 1.23. The number of nitrogens with one attached hydrogen (secondary N) is 1. The second-order valence-electron chi connectivity index (χ2n) is 5.18. The molecule has 3 nitrogen and oxygen atoms in total. The van der Waals surface area contributed by atoms with Crippen LogP contribution in [0.5, 0.6) is 0 Å². The summed E-state index contributed by atoms with van der Waals surface area (Å²) in [5, 5.41) is 3.47. The summed E-state index contributed by atoms with van der Waals surface area (Å²) >= 11 is 2.01. The summed E-state index contributed by atoms with van der Waals surface area (Å²) < 4.78 is 0. The average molecular weight is 240 g/mol. The molecule has 1 amide bonds. The first-order valence-electron chi connectivity index (χ1n) is 6.49. The van der Waals surface area contributed by atoms with E-state index in [0.29, 0.717) is 18.0 Å². The maximum atomic E-state index is 12.2. The number of carbonyl (C=O) groups is 1. The quantitative estimate of drug-likeness (QED) is 0.805. The number of hydrogen-bond donors (Lipinski definition) is 1. The minimum absolute atomic E-state index is 0.138. The number of hydrogen-bond acceptors (Lipinski definition) is 3. The molecule has 0 aromatic rings. The van der Waals surface area contributed by atoms with Gasteiger partial charge in [-0.15, -0.1) is 0 Å². The van der Waals surface area contributed by atoms with E-state index < -0.39 is 0 Å². The Morgan fingerprint density at radius 3 is 2.81 bits per heavy atom. The second kappa shape index (κ2) is 4.57. The molecular formula is C12H20N2OS. The van der Waals surface area contributed by atoms with Crippen LogP contribution in [-0.2, 0) is 4.79 Å². The maximum Gasteiger partial charge on any atom is 0.240 e. The second-order valence-corrected chi connectivity index (χ2v) is 6.33. The van der Waals surface area contributed by atoms with E-state index in [1.54, 1.807) is 0 Å². The van der Waals surface area contributed by atoms with Crippen LogP contribution in [0.25, 0.3) is 0 Å². The molecule has 0 aromatic heterocycles. The van der Waals surface area contributed by atoms with E-state index in [9.17, 15) is 4.79 Å². The van der Waals surface area contributed by atoms with Crippen molar-refractivity contribution in [3.8, 4) is 0 Å². The molecule has 0 spiro atoms. The minimum Gasteiger partial charge on any atom is -0.337 e. The van der Waals surface area contributed by atoms with Gasteiger partial charge < -0.3 is 10.2 Å². The first kappa shape index (κ1) is 10.9. The van der Waals surface area contributed by atoms with Crippen LogP contribution in [0.3, 0.4) is 0 Å². The van der Waals surface area contributed by atoms with E-state index in [0.717, 1.165) is 18.7 Å². The van der Waals surface area contributed by atoms with Gasteiger partial charge in [-0.3, -0.25) is 4.79 Å². The van der Waals surface area contributed by atoms with E-state index >= 15 is 0 Å². The molecule has 1 N–H and O–H groups in total. The smallest absolute Gasteiger partial charge is 0.240 e. The third-order valence-corrected chi connectivity index (χ3v) is 5.03. The van der Waals surface area contributed by atoms with Gasteiger partial charge in [0.25, 0.3) is 0 Å². The topological polar surface area (TPSA) is 32.3 Å². The molecule has 1 aliphatic carbocycles. The highest BCUT2D eigenvalue weighted by Gasteiger charge is 2.38. The highest BCUT2D eigenvalue weighted by Crippen LogP contribution is 2.27. The molecule has 3 fully saturated rings. The van der Waals surface area contributed by atoms with E-state index in [-0.39, 0.29) is 6.04 Å². The fraction of sp³-hybridized carbons (Fsp3) is 0.917. The number of nitrogens with zero attached hydrogens (tertiary/aromatic N) is 1. The summed E-state index contributed by atoms with van der Waals surface area (Å²) in [6, 6.07) is 1.31. The van der Waals surface area contributed by atoms with Crippen molar-refractivity contribution >= 4 is 17.7 Å². The molecule has 2 saturated heterocycles. The highest BCUT2D eigenvalue weighted by molar-refractivity contribution is 7.99. The Hall–Kier alpha value is -0.220. The van der Waals surface area contributed by atoms with E-state index in [2.05, 4.69) is 10.2 Å². The molecule has 16 heavy (non-hydrogen) atoms. The van der Waals surface area contributed by atoms with E-state index in [1.807, 2.05) is 11.8 Å². The Labute approximate surface area is 101 Å². The van der Waals surface area contributed by atoms with Crippen molar-refractivity contribution < 1.29 is 4.79 Å². The van der Waals surface area contributed by atoms with Crippen molar-refractivity contribution in [3.63, 3.8) is 0 Å². The Morgan fingerprint density at radius 2 is 2.12 bits per heavy atom. The average Bonchev–Trinajstić information content (AvgIpc) is 3.06. The number of likely N-dealkylation sites (tertiary alicyclic amines) is 1. The van der Waals surface area contributed by atoms with Crippen LogP contribution in [0.2, 0.25) is 0 Å². The lowest BCUT2D eigenvalue weighted by atomic mass is 10.1. The lowest BCUT2D eigenvalue weighted by molar-refractivity contribution is -0.131. The monoisotopic (exact) mass is 240 g/mol. The van der Waals surface area contributed by atoms with Crippen molar-refractivity contribution in [1.29, 1.82) is 0 Å². The van der Waals surface area contributed by atoms with Crippen LogP contribution in [0, 0.1) is 0 Å². The Kier molecular flexibility index (Phi) is 3.11. The molecule has 4 heteroatoms.